The van der Waals surface area contributed by atoms with Crippen LogP contribution in [0.2, 0.25) is 0 Å². The molecule has 0 bridgehead atoms. The molecular formula is C19H24ClNO2. The first-order valence-electron chi connectivity index (χ1n) is 8.33. The number of hydrogen-bond acceptors (Lipinski definition) is 2. The molecule has 0 saturated heterocycles. The molecule has 23 heavy (non-hydrogen) atoms. The van der Waals surface area contributed by atoms with E-state index in [9.17, 15) is 9.59 Å². The minimum absolute atomic E-state index is 0.184. The number of amides is 1. The average molecular weight is 334 g/mol. The van der Waals surface area contributed by atoms with E-state index in [0.717, 1.165) is 24.8 Å². The maximum Gasteiger partial charge on any atom is 0.255 e. The topological polar surface area (TPSA) is 46.2 Å². The Hall–Kier alpha value is -1.61. The van der Waals surface area contributed by atoms with Crippen molar-refractivity contribution in [2.24, 2.45) is 5.92 Å². The number of Topliss-reactive ketones (excluding diaryl/α,β-unsaturated/α-hetero) is 1. The zero-order chi connectivity index (χ0) is 17.0. The van der Waals surface area contributed by atoms with Crippen molar-refractivity contribution in [3.63, 3.8) is 0 Å². The molecule has 1 aromatic rings. The van der Waals surface area contributed by atoms with Crippen LogP contribution in [0.15, 0.2) is 29.8 Å². The van der Waals surface area contributed by atoms with Crippen LogP contribution in [-0.2, 0) is 4.79 Å². The SMILES string of the molecule is CCCCNC(=O)C1=C(C(Cl)C(C)CC)c2ccccc2C1=O. The molecular weight excluding hydrogens is 310 g/mol. The van der Waals surface area contributed by atoms with Gasteiger partial charge in [-0.1, -0.05) is 57.9 Å². The lowest BCUT2D eigenvalue weighted by atomic mass is 9.92. The maximum absolute atomic E-state index is 12.7. The zero-order valence-corrected chi connectivity index (χ0v) is 14.7. The van der Waals surface area contributed by atoms with E-state index in [4.69, 9.17) is 11.6 Å². The Morgan fingerprint density at radius 2 is 1.87 bits per heavy atom. The number of rotatable bonds is 7. The van der Waals surface area contributed by atoms with E-state index < -0.39 is 0 Å². The molecule has 0 aliphatic heterocycles. The summed E-state index contributed by atoms with van der Waals surface area (Å²) >= 11 is 6.64. The minimum Gasteiger partial charge on any atom is -0.352 e. The highest BCUT2D eigenvalue weighted by Gasteiger charge is 2.37. The fourth-order valence-electron chi connectivity index (χ4n) is 2.78. The molecule has 0 spiro atoms. The van der Waals surface area contributed by atoms with Crippen molar-refractivity contribution in [3.8, 4) is 0 Å². The molecule has 2 rings (SSSR count). The van der Waals surface area contributed by atoms with E-state index in [2.05, 4.69) is 19.2 Å². The van der Waals surface area contributed by atoms with Gasteiger partial charge in [0.1, 0.15) is 0 Å². The van der Waals surface area contributed by atoms with Gasteiger partial charge in [-0.2, -0.15) is 0 Å². The van der Waals surface area contributed by atoms with Crippen LogP contribution >= 0.6 is 11.6 Å². The quantitative estimate of drug-likeness (QED) is 0.461. The largest absolute Gasteiger partial charge is 0.352 e. The standard InChI is InChI=1S/C19H24ClNO2/c1-4-6-11-21-19(23)16-15(17(20)12(3)5-2)13-9-7-8-10-14(13)18(16)22/h7-10,12,17H,4-6,11H2,1-3H3,(H,21,23). The van der Waals surface area contributed by atoms with Crippen molar-refractivity contribution >= 4 is 28.9 Å². The first-order valence-corrected chi connectivity index (χ1v) is 8.77. The predicted molar refractivity (Wildman–Crippen MR) is 94.7 cm³/mol. The third-order valence-electron chi connectivity index (χ3n) is 4.42. The molecule has 3 nitrogen and oxygen atoms in total. The first kappa shape index (κ1) is 17.7. The van der Waals surface area contributed by atoms with E-state index in [0.29, 0.717) is 17.7 Å². The third-order valence-corrected chi connectivity index (χ3v) is 5.07. The van der Waals surface area contributed by atoms with Crippen molar-refractivity contribution in [1.82, 2.24) is 5.32 Å². The normalized spacial score (nSPS) is 16.3. The van der Waals surface area contributed by atoms with Crippen LogP contribution in [-0.4, -0.2) is 23.6 Å². The first-order chi connectivity index (χ1) is 11.0. The monoisotopic (exact) mass is 333 g/mol. The fourth-order valence-corrected chi connectivity index (χ4v) is 3.18. The fraction of sp³-hybridized carbons (Fsp3) is 0.474. The number of ketones is 1. The number of carbonyl (C=O) groups is 2. The zero-order valence-electron chi connectivity index (χ0n) is 14.0. The number of hydrogen-bond donors (Lipinski definition) is 1. The second-order valence-corrected chi connectivity index (χ2v) is 6.53. The molecule has 0 heterocycles. The molecule has 0 saturated carbocycles. The summed E-state index contributed by atoms with van der Waals surface area (Å²) in [6, 6.07) is 7.35. The Bertz CT molecular complexity index is 636. The summed E-state index contributed by atoms with van der Waals surface area (Å²) in [4.78, 5) is 25.3. The van der Waals surface area contributed by atoms with E-state index in [-0.39, 0.29) is 28.6 Å². The van der Waals surface area contributed by atoms with Crippen molar-refractivity contribution in [1.29, 1.82) is 0 Å². The van der Waals surface area contributed by atoms with Crippen LogP contribution in [0.1, 0.15) is 56.0 Å². The van der Waals surface area contributed by atoms with Gasteiger partial charge in [0.05, 0.1) is 11.0 Å². The highest BCUT2D eigenvalue weighted by atomic mass is 35.5. The summed E-state index contributed by atoms with van der Waals surface area (Å²) in [6.45, 7) is 6.74. The van der Waals surface area contributed by atoms with Crippen LogP contribution in [0, 0.1) is 5.92 Å². The van der Waals surface area contributed by atoms with Crippen LogP contribution in [0.4, 0.5) is 0 Å². The minimum atomic E-state index is -0.348. The number of benzene rings is 1. The molecule has 4 heteroatoms. The van der Waals surface area contributed by atoms with Crippen LogP contribution in [0.25, 0.3) is 5.57 Å². The summed E-state index contributed by atoms with van der Waals surface area (Å²) in [5, 5.41) is 2.51. The number of unbranched alkanes of at least 4 members (excludes halogenated alkanes) is 1. The number of halogens is 1. The van der Waals surface area contributed by atoms with Gasteiger partial charge >= 0.3 is 0 Å². The number of alkyl halides is 1. The van der Waals surface area contributed by atoms with Gasteiger partial charge in [0, 0.05) is 12.1 Å². The summed E-state index contributed by atoms with van der Waals surface area (Å²) in [5.74, 6) is -0.328. The van der Waals surface area contributed by atoms with Gasteiger partial charge in [-0.05, 0) is 23.5 Å². The van der Waals surface area contributed by atoms with E-state index in [1.54, 1.807) is 6.07 Å². The molecule has 124 valence electrons. The summed E-state index contributed by atoms with van der Waals surface area (Å²) in [5.41, 5.74) is 2.30. The van der Waals surface area contributed by atoms with Crippen LogP contribution < -0.4 is 5.32 Å². The van der Waals surface area contributed by atoms with Gasteiger partial charge in [-0.25, -0.2) is 0 Å². The summed E-state index contributed by atoms with van der Waals surface area (Å²) in [7, 11) is 0. The van der Waals surface area contributed by atoms with E-state index in [1.807, 2.05) is 25.1 Å². The molecule has 2 unspecified atom stereocenters. The van der Waals surface area contributed by atoms with Crippen LogP contribution in [0.3, 0.4) is 0 Å². The number of allylic oxidation sites excluding steroid dienone is 1. The Labute approximate surface area is 143 Å². The number of carbonyl (C=O) groups excluding carboxylic acids is 2. The smallest absolute Gasteiger partial charge is 0.255 e. The van der Waals surface area contributed by atoms with E-state index >= 15 is 0 Å². The number of fused-ring (bicyclic) bond motifs is 1. The molecule has 0 fully saturated rings. The Morgan fingerprint density at radius 3 is 2.48 bits per heavy atom. The molecule has 1 N–H and O–H groups in total. The molecule has 2 atom stereocenters. The molecule has 1 aliphatic rings. The lowest BCUT2D eigenvalue weighted by Crippen LogP contribution is -2.29. The summed E-state index contributed by atoms with van der Waals surface area (Å²) < 4.78 is 0. The van der Waals surface area contributed by atoms with Crippen LogP contribution in [0.5, 0.6) is 0 Å². The van der Waals surface area contributed by atoms with Gasteiger partial charge in [-0.3, -0.25) is 9.59 Å². The van der Waals surface area contributed by atoms with Gasteiger partial charge in [0.25, 0.3) is 5.91 Å². The molecule has 1 aliphatic carbocycles. The molecule has 1 amide bonds. The Balaban J connectivity index is 2.44. The highest BCUT2D eigenvalue weighted by molar-refractivity contribution is 6.39. The van der Waals surface area contributed by atoms with E-state index in [1.165, 1.54) is 0 Å². The maximum atomic E-state index is 12.7. The van der Waals surface area contributed by atoms with Crippen molar-refractivity contribution in [2.45, 2.75) is 45.4 Å². The van der Waals surface area contributed by atoms with Gasteiger partial charge in [0.15, 0.2) is 5.78 Å². The Morgan fingerprint density at radius 1 is 1.22 bits per heavy atom. The number of nitrogens with one attached hydrogen (secondary N) is 1. The molecule has 0 aromatic heterocycles. The lowest BCUT2D eigenvalue weighted by molar-refractivity contribution is -0.117. The van der Waals surface area contributed by atoms with Gasteiger partial charge in [0.2, 0.25) is 0 Å². The van der Waals surface area contributed by atoms with Crippen molar-refractivity contribution < 1.29 is 9.59 Å². The highest BCUT2D eigenvalue weighted by Crippen LogP contribution is 2.40. The second-order valence-electron chi connectivity index (χ2n) is 6.06. The average Bonchev–Trinajstić information content (AvgIpc) is 2.87. The second kappa shape index (κ2) is 7.78. The van der Waals surface area contributed by atoms with Gasteiger partial charge in [-0.15, -0.1) is 11.6 Å². The van der Waals surface area contributed by atoms with Crippen molar-refractivity contribution in [2.75, 3.05) is 6.54 Å². The molecule has 1 aromatic carbocycles. The van der Waals surface area contributed by atoms with Crippen molar-refractivity contribution in [3.05, 3.63) is 41.0 Å². The van der Waals surface area contributed by atoms with Gasteiger partial charge < -0.3 is 5.32 Å². The lowest BCUT2D eigenvalue weighted by Gasteiger charge is -2.19. The predicted octanol–water partition coefficient (Wildman–Crippen LogP) is 4.21. The third kappa shape index (κ3) is 3.50. The molecule has 0 radical (unpaired) electrons. The summed E-state index contributed by atoms with van der Waals surface area (Å²) in [6.07, 6.45) is 2.77. The Kier molecular flexibility index (Phi) is 6.00.